The topological polar surface area (TPSA) is 49.0 Å². The number of carbonyl (C=O) groups excluding carboxylic acids is 1. The summed E-state index contributed by atoms with van der Waals surface area (Å²) in [5, 5.41) is 0.685. The number of nitrogens with one attached hydrogen (secondary N) is 1. The van der Waals surface area contributed by atoms with Gasteiger partial charge in [0.05, 0.1) is 17.1 Å². The molecular formula is C27H26ClN3O. The monoisotopic (exact) mass is 443 g/mol. The van der Waals surface area contributed by atoms with Crippen molar-refractivity contribution >= 4 is 28.5 Å². The lowest BCUT2D eigenvalue weighted by molar-refractivity contribution is 0.0715. The van der Waals surface area contributed by atoms with E-state index in [0.717, 1.165) is 45.5 Å². The molecule has 1 aliphatic rings. The Labute approximate surface area is 193 Å². The molecule has 0 saturated carbocycles. The number of rotatable bonds is 3. The summed E-state index contributed by atoms with van der Waals surface area (Å²) < 4.78 is 0. The fourth-order valence-electron chi connectivity index (χ4n) is 4.81. The maximum atomic E-state index is 13.8. The molecule has 4 aromatic rings. The number of benzene rings is 3. The largest absolute Gasteiger partial charge is 0.340 e. The first-order valence-electron chi connectivity index (χ1n) is 11.0. The molecule has 5 rings (SSSR count). The van der Waals surface area contributed by atoms with Crippen LogP contribution in [0.5, 0.6) is 0 Å². The van der Waals surface area contributed by atoms with Gasteiger partial charge in [-0.05, 0) is 61.1 Å². The minimum atomic E-state index is -0.0980. The molecular weight excluding hydrogens is 418 g/mol. The van der Waals surface area contributed by atoms with Crippen molar-refractivity contribution in [3.8, 4) is 11.1 Å². The average molecular weight is 444 g/mol. The predicted octanol–water partition coefficient (Wildman–Crippen LogP) is 6.72. The summed E-state index contributed by atoms with van der Waals surface area (Å²) in [4.78, 5) is 24.2. The number of likely N-dealkylation sites (tertiary alicyclic amines) is 1. The van der Waals surface area contributed by atoms with Crippen LogP contribution in [0.2, 0.25) is 5.02 Å². The number of H-pyrrole nitrogens is 1. The molecule has 2 atom stereocenters. The Kier molecular flexibility index (Phi) is 5.26. The number of amides is 1. The molecule has 4 nitrogen and oxygen atoms in total. The number of imidazole rings is 1. The predicted molar refractivity (Wildman–Crippen MR) is 130 cm³/mol. The number of hydrogen-bond acceptors (Lipinski definition) is 2. The lowest BCUT2D eigenvalue weighted by Gasteiger charge is -2.26. The van der Waals surface area contributed by atoms with Crippen LogP contribution >= 0.6 is 11.6 Å². The molecule has 1 aliphatic heterocycles. The fourth-order valence-corrected chi connectivity index (χ4v) is 5.08. The van der Waals surface area contributed by atoms with Crippen LogP contribution in [0.4, 0.5) is 0 Å². The Balaban J connectivity index is 1.54. The van der Waals surface area contributed by atoms with Crippen LogP contribution in [0.15, 0.2) is 60.7 Å². The van der Waals surface area contributed by atoms with Gasteiger partial charge in [0.1, 0.15) is 5.82 Å². The Morgan fingerprint density at radius 1 is 1.09 bits per heavy atom. The molecule has 0 spiro atoms. The van der Waals surface area contributed by atoms with Crippen molar-refractivity contribution in [2.45, 2.75) is 33.2 Å². The highest BCUT2D eigenvalue weighted by atomic mass is 35.5. The second-order valence-electron chi connectivity index (χ2n) is 8.86. The van der Waals surface area contributed by atoms with Gasteiger partial charge in [0, 0.05) is 17.1 Å². The van der Waals surface area contributed by atoms with Crippen LogP contribution in [0, 0.1) is 19.8 Å². The van der Waals surface area contributed by atoms with E-state index in [1.165, 1.54) is 5.56 Å². The molecule has 1 fully saturated rings. The summed E-state index contributed by atoms with van der Waals surface area (Å²) in [6.07, 6.45) is 0.944. The number of hydrogen-bond donors (Lipinski definition) is 1. The second kappa shape index (κ2) is 8.10. The lowest BCUT2D eigenvalue weighted by atomic mass is 9.97. The standard InChI is InChI=1S/C27H26ClN3O/c1-16-8-10-19(11-9-16)21-6-4-5-7-22(21)27(32)31-13-12-17(2)25(31)26-29-23-15-20(28)14-18(3)24(23)30-26/h4-11,14-15,17,25H,12-13H2,1-3H3,(H,29,30)/t17-,25-/m0/s1. The molecule has 0 radical (unpaired) electrons. The highest BCUT2D eigenvalue weighted by Crippen LogP contribution is 2.39. The van der Waals surface area contributed by atoms with Gasteiger partial charge in [-0.2, -0.15) is 0 Å². The van der Waals surface area contributed by atoms with E-state index in [1.807, 2.05) is 48.2 Å². The number of aromatic amines is 1. The molecule has 0 unspecified atom stereocenters. The minimum Gasteiger partial charge on any atom is -0.340 e. The Bertz CT molecular complexity index is 1310. The third kappa shape index (κ3) is 3.59. The van der Waals surface area contributed by atoms with Crippen LogP contribution in [-0.2, 0) is 0 Å². The van der Waals surface area contributed by atoms with Gasteiger partial charge >= 0.3 is 0 Å². The number of aromatic nitrogens is 2. The molecule has 0 bridgehead atoms. The first-order chi connectivity index (χ1) is 15.4. The molecule has 0 aliphatic carbocycles. The molecule has 2 heterocycles. The third-order valence-corrected chi connectivity index (χ3v) is 6.74. The van der Waals surface area contributed by atoms with Gasteiger partial charge in [0.15, 0.2) is 0 Å². The summed E-state index contributed by atoms with van der Waals surface area (Å²) in [5.41, 5.74) is 6.80. The molecule has 32 heavy (non-hydrogen) atoms. The van der Waals surface area contributed by atoms with E-state index in [4.69, 9.17) is 16.6 Å². The molecule has 1 amide bonds. The molecule has 3 aromatic carbocycles. The summed E-state index contributed by atoms with van der Waals surface area (Å²) in [7, 11) is 0. The second-order valence-corrected chi connectivity index (χ2v) is 9.30. The summed E-state index contributed by atoms with van der Waals surface area (Å²) >= 11 is 6.25. The summed E-state index contributed by atoms with van der Waals surface area (Å²) in [6, 6.07) is 19.9. The van der Waals surface area contributed by atoms with Gasteiger partial charge in [0.25, 0.3) is 5.91 Å². The van der Waals surface area contributed by atoms with Crippen molar-refractivity contribution in [1.82, 2.24) is 14.9 Å². The number of halogens is 1. The SMILES string of the molecule is Cc1ccc(-c2ccccc2C(=O)N2CC[C@H](C)[C@H]2c2nc3c(C)cc(Cl)cc3[nH]2)cc1. The number of aryl methyl sites for hydroxylation is 2. The van der Waals surface area contributed by atoms with E-state index in [1.54, 1.807) is 0 Å². The Hall–Kier alpha value is -3.11. The van der Waals surface area contributed by atoms with E-state index < -0.39 is 0 Å². The maximum absolute atomic E-state index is 13.8. The molecule has 1 aromatic heterocycles. The third-order valence-electron chi connectivity index (χ3n) is 6.52. The van der Waals surface area contributed by atoms with Gasteiger partial charge in [0.2, 0.25) is 0 Å². The normalized spacial score (nSPS) is 18.4. The zero-order valence-electron chi connectivity index (χ0n) is 18.5. The van der Waals surface area contributed by atoms with Gasteiger partial charge < -0.3 is 9.88 Å². The number of carbonyl (C=O) groups is 1. The number of nitrogens with zero attached hydrogens (tertiary/aromatic N) is 2. The zero-order chi connectivity index (χ0) is 22.4. The van der Waals surface area contributed by atoms with E-state index in [0.29, 0.717) is 17.5 Å². The Morgan fingerprint density at radius 2 is 1.84 bits per heavy atom. The van der Waals surface area contributed by atoms with Gasteiger partial charge in [-0.15, -0.1) is 0 Å². The van der Waals surface area contributed by atoms with Gasteiger partial charge in [-0.25, -0.2) is 4.98 Å². The van der Waals surface area contributed by atoms with Crippen molar-refractivity contribution < 1.29 is 4.79 Å². The molecule has 1 saturated heterocycles. The van der Waals surface area contributed by atoms with Crippen molar-refractivity contribution in [3.63, 3.8) is 0 Å². The fraction of sp³-hybridized carbons (Fsp3) is 0.259. The minimum absolute atomic E-state index is 0.0470. The summed E-state index contributed by atoms with van der Waals surface area (Å²) in [6.45, 7) is 6.98. The van der Waals surface area contributed by atoms with Crippen LogP contribution in [0.3, 0.4) is 0 Å². The maximum Gasteiger partial charge on any atom is 0.255 e. The first-order valence-corrected chi connectivity index (χ1v) is 11.4. The van der Waals surface area contributed by atoms with Crippen molar-refractivity contribution in [2.24, 2.45) is 5.92 Å². The van der Waals surface area contributed by atoms with Crippen molar-refractivity contribution in [1.29, 1.82) is 0 Å². The molecule has 5 heteroatoms. The van der Waals surface area contributed by atoms with E-state index in [-0.39, 0.29) is 11.9 Å². The smallest absolute Gasteiger partial charge is 0.255 e. The van der Waals surface area contributed by atoms with E-state index in [2.05, 4.69) is 43.1 Å². The highest BCUT2D eigenvalue weighted by molar-refractivity contribution is 6.31. The quantitative estimate of drug-likeness (QED) is 0.382. The first kappa shape index (κ1) is 20.8. The van der Waals surface area contributed by atoms with E-state index >= 15 is 0 Å². The lowest BCUT2D eigenvalue weighted by Crippen LogP contribution is -2.32. The van der Waals surface area contributed by atoms with E-state index in [9.17, 15) is 4.79 Å². The Morgan fingerprint density at radius 3 is 2.62 bits per heavy atom. The van der Waals surface area contributed by atoms with Crippen LogP contribution in [0.1, 0.15) is 46.7 Å². The van der Waals surface area contributed by atoms with Crippen LogP contribution < -0.4 is 0 Å². The summed E-state index contributed by atoms with van der Waals surface area (Å²) in [5.74, 6) is 1.18. The zero-order valence-corrected chi connectivity index (χ0v) is 19.3. The number of fused-ring (bicyclic) bond motifs is 1. The van der Waals surface area contributed by atoms with Crippen molar-refractivity contribution in [2.75, 3.05) is 6.54 Å². The van der Waals surface area contributed by atoms with Crippen molar-refractivity contribution in [3.05, 3.63) is 88.2 Å². The molecule has 1 N–H and O–H groups in total. The molecule has 162 valence electrons. The van der Waals surface area contributed by atoms with Gasteiger partial charge in [-0.3, -0.25) is 4.79 Å². The van der Waals surface area contributed by atoms with Crippen LogP contribution in [-0.4, -0.2) is 27.3 Å². The average Bonchev–Trinajstić information content (AvgIpc) is 3.37. The van der Waals surface area contributed by atoms with Gasteiger partial charge in [-0.1, -0.05) is 66.6 Å². The van der Waals surface area contributed by atoms with Crippen LogP contribution in [0.25, 0.3) is 22.2 Å². The highest BCUT2D eigenvalue weighted by Gasteiger charge is 2.38.